The van der Waals surface area contributed by atoms with Gasteiger partial charge >= 0.3 is 12.1 Å². The van der Waals surface area contributed by atoms with E-state index in [1.54, 1.807) is 19.2 Å². The van der Waals surface area contributed by atoms with Crippen molar-refractivity contribution in [1.82, 2.24) is 29.7 Å². The van der Waals surface area contributed by atoms with Crippen LogP contribution in [0.3, 0.4) is 0 Å². The lowest BCUT2D eigenvalue weighted by Gasteiger charge is -2.23. The molecule has 2 aliphatic rings. The summed E-state index contributed by atoms with van der Waals surface area (Å²) in [4.78, 5) is 45.5. The van der Waals surface area contributed by atoms with Crippen LogP contribution < -0.4 is 9.80 Å². The first-order valence-electron chi connectivity index (χ1n) is 12.9. The molecular weight excluding hydrogens is 520 g/mol. The highest BCUT2D eigenvalue weighted by molar-refractivity contribution is 5.94. The van der Waals surface area contributed by atoms with Gasteiger partial charge in [-0.25, -0.2) is 39.3 Å². The summed E-state index contributed by atoms with van der Waals surface area (Å²) >= 11 is 0. The Kier molecular flexibility index (Phi) is 8.99. The van der Waals surface area contributed by atoms with E-state index in [1.807, 2.05) is 48.5 Å². The van der Waals surface area contributed by atoms with Gasteiger partial charge in [0.1, 0.15) is 24.3 Å². The second-order valence-corrected chi connectivity index (χ2v) is 11.6. The fourth-order valence-corrected chi connectivity index (χ4v) is 4.06. The van der Waals surface area contributed by atoms with Crippen LogP contribution in [0.15, 0.2) is 24.8 Å². The first-order chi connectivity index (χ1) is 18.5. The van der Waals surface area contributed by atoms with E-state index < -0.39 is 30.9 Å². The number of ether oxygens (including phenoxy) is 1. The summed E-state index contributed by atoms with van der Waals surface area (Å²) < 4.78 is 5.42. The lowest BCUT2D eigenvalue weighted by atomic mass is 9.92. The molecule has 220 valence electrons. The van der Waals surface area contributed by atoms with Crippen LogP contribution in [-0.2, 0) is 15.6 Å². The number of hydrogen-bond acceptors (Lipinski definition) is 10. The highest BCUT2D eigenvalue weighted by Gasteiger charge is 2.46. The monoisotopic (exact) mass is 560 g/mol. The van der Waals surface area contributed by atoms with Crippen molar-refractivity contribution < 1.29 is 29.6 Å². The van der Waals surface area contributed by atoms with Crippen LogP contribution >= 0.6 is 0 Å². The number of hydrogen-bond donors (Lipinski definition) is 3. The van der Waals surface area contributed by atoms with Gasteiger partial charge in [-0.1, -0.05) is 41.5 Å². The van der Waals surface area contributed by atoms with Crippen molar-refractivity contribution in [2.75, 3.05) is 30.5 Å². The molecule has 0 bridgehead atoms. The predicted molar refractivity (Wildman–Crippen MR) is 146 cm³/mol. The molecule has 14 nitrogen and oxygen atoms in total. The first kappa shape index (κ1) is 31.1. The normalized spacial score (nSPS) is 23.6. The van der Waals surface area contributed by atoms with Gasteiger partial charge in [0.2, 0.25) is 0 Å². The van der Waals surface area contributed by atoms with E-state index in [4.69, 9.17) is 4.74 Å². The van der Waals surface area contributed by atoms with Crippen molar-refractivity contribution in [2.24, 2.45) is 0 Å². The minimum absolute atomic E-state index is 0.170. The van der Waals surface area contributed by atoms with Crippen LogP contribution in [-0.4, -0.2) is 103 Å². The van der Waals surface area contributed by atoms with E-state index in [0.29, 0.717) is 12.4 Å². The zero-order valence-electron chi connectivity index (χ0n) is 24.5. The average Bonchev–Trinajstić information content (AvgIpc) is 3.22. The maximum atomic E-state index is 12.3. The van der Waals surface area contributed by atoms with E-state index in [2.05, 4.69) is 19.9 Å². The zero-order valence-corrected chi connectivity index (χ0v) is 24.5. The van der Waals surface area contributed by atoms with E-state index in [-0.39, 0.29) is 22.7 Å². The molecule has 2 aliphatic heterocycles. The highest BCUT2D eigenvalue weighted by Crippen LogP contribution is 2.30. The Morgan fingerprint density at radius 3 is 1.52 bits per heavy atom. The van der Waals surface area contributed by atoms with Crippen molar-refractivity contribution >= 4 is 23.7 Å². The summed E-state index contributed by atoms with van der Waals surface area (Å²) in [5.74, 6) is 0.655. The maximum Gasteiger partial charge on any atom is 0.329 e. The third kappa shape index (κ3) is 6.14. The maximum absolute atomic E-state index is 12.3. The summed E-state index contributed by atoms with van der Waals surface area (Å²) in [5.41, 5.74) is 1.18. The molecular formula is C26H40N8O6. The molecule has 4 heterocycles. The summed E-state index contributed by atoms with van der Waals surface area (Å²) in [5, 5.41) is 29.9. The third-order valence-corrected chi connectivity index (χ3v) is 6.52. The number of aromatic nitrogens is 4. The molecule has 14 heteroatoms. The number of urea groups is 2. The molecule has 3 N–H and O–H groups in total. The molecule has 4 amide bonds. The van der Waals surface area contributed by atoms with Gasteiger partial charge in [0.05, 0.1) is 11.4 Å². The second kappa shape index (κ2) is 11.6. The van der Waals surface area contributed by atoms with E-state index in [9.17, 15) is 24.9 Å². The van der Waals surface area contributed by atoms with Crippen molar-refractivity contribution in [2.45, 2.75) is 84.2 Å². The quantitative estimate of drug-likeness (QED) is 0.499. The molecule has 0 aromatic carbocycles. The largest absolute Gasteiger partial charge is 0.369 e. The lowest BCUT2D eigenvalue weighted by Crippen LogP contribution is -2.39. The van der Waals surface area contributed by atoms with Gasteiger partial charge in [-0.2, -0.15) is 0 Å². The molecule has 40 heavy (non-hydrogen) atoms. The van der Waals surface area contributed by atoms with Gasteiger partial charge in [-0.05, 0) is 6.92 Å². The van der Waals surface area contributed by atoms with Gasteiger partial charge < -0.3 is 20.1 Å². The highest BCUT2D eigenvalue weighted by atomic mass is 16.5. The predicted octanol–water partition coefficient (Wildman–Crippen LogP) is 1.61. The van der Waals surface area contributed by atoms with Gasteiger partial charge in [-0.3, -0.25) is 9.80 Å². The van der Waals surface area contributed by atoms with Gasteiger partial charge in [0.25, 0.3) is 0 Å². The first-order valence-corrected chi connectivity index (χ1v) is 12.9. The van der Waals surface area contributed by atoms with Crippen molar-refractivity contribution in [3.05, 3.63) is 36.2 Å². The number of carbonyl (C=O) groups is 2. The number of likely N-dealkylation sites (N-methyl/N-ethyl adjacent to an activating group) is 2. The molecule has 0 aliphatic carbocycles. The Morgan fingerprint density at radius 1 is 0.725 bits per heavy atom. The average molecular weight is 561 g/mol. The van der Waals surface area contributed by atoms with Crippen LogP contribution in [0.5, 0.6) is 0 Å². The SMILES string of the molecule is CCOC1C(O)N(c2cc(C(C)(C)C)ncn2)C(=O)N1C.CN1C(=O)N(c2cc(C(C)(C)C)ncn2)C(O)C1O. The number of aliphatic hydroxyl groups is 3. The molecule has 2 aromatic rings. The molecule has 0 spiro atoms. The number of rotatable bonds is 4. The molecule has 4 atom stereocenters. The zero-order chi connectivity index (χ0) is 30.2. The van der Waals surface area contributed by atoms with Gasteiger partial charge in [-0.15, -0.1) is 0 Å². The Balaban J connectivity index is 0.000000222. The van der Waals surface area contributed by atoms with E-state index in [0.717, 1.165) is 21.2 Å². The Morgan fingerprint density at radius 2 is 1.15 bits per heavy atom. The fourth-order valence-electron chi connectivity index (χ4n) is 4.06. The summed E-state index contributed by atoms with van der Waals surface area (Å²) in [6.07, 6.45) is -1.63. The Hall–Kier alpha value is -3.46. The number of carbonyl (C=O) groups excluding carboxylic acids is 2. The fraction of sp³-hybridized carbons (Fsp3) is 0.615. The third-order valence-electron chi connectivity index (χ3n) is 6.52. The molecule has 2 saturated heterocycles. The molecule has 0 saturated carbocycles. The summed E-state index contributed by atoms with van der Waals surface area (Å²) in [7, 11) is 3.01. The standard InChI is InChI=1S/C14H22N4O3.C12H18N4O3/c1-6-21-12-11(19)18(13(20)17(12)5)10-7-9(14(2,3)4)15-8-16-10;1-12(2,3)7-5-8(14-6-13-7)16-10(18)9(17)15(4)11(16)19/h7-8,11-12,19H,6H2,1-5H3;5-6,9-10,17-18H,1-4H3. The minimum atomic E-state index is -1.33. The molecule has 0 radical (unpaired) electrons. The number of nitrogens with zero attached hydrogens (tertiary/aromatic N) is 8. The van der Waals surface area contributed by atoms with Crippen molar-refractivity contribution in [1.29, 1.82) is 0 Å². The second-order valence-electron chi connectivity index (χ2n) is 11.6. The van der Waals surface area contributed by atoms with E-state index >= 15 is 0 Å². The Labute approximate surface area is 234 Å². The summed E-state index contributed by atoms with van der Waals surface area (Å²) in [6, 6.07) is 2.52. The summed E-state index contributed by atoms with van der Waals surface area (Å²) in [6.45, 7) is 14.3. The van der Waals surface area contributed by atoms with Crippen LogP contribution in [0.25, 0.3) is 0 Å². The lowest BCUT2D eigenvalue weighted by molar-refractivity contribution is -0.0688. The molecule has 2 aromatic heterocycles. The number of aliphatic hydroxyl groups excluding tert-OH is 3. The van der Waals surface area contributed by atoms with Gasteiger partial charge in [0, 0.05) is 43.7 Å². The molecule has 2 fully saturated rings. The number of amides is 4. The van der Waals surface area contributed by atoms with E-state index in [1.165, 1.54) is 29.5 Å². The van der Waals surface area contributed by atoms with Gasteiger partial charge in [0.15, 0.2) is 24.9 Å². The smallest absolute Gasteiger partial charge is 0.329 e. The molecule has 4 rings (SSSR count). The van der Waals surface area contributed by atoms with Crippen LogP contribution in [0, 0.1) is 0 Å². The van der Waals surface area contributed by atoms with Crippen LogP contribution in [0.1, 0.15) is 59.9 Å². The van der Waals surface area contributed by atoms with Crippen LogP contribution in [0.4, 0.5) is 21.2 Å². The van der Waals surface area contributed by atoms with Crippen LogP contribution in [0.2, 0.25) is 0 Å². The van der Waals surface area contributed by atoms with Crippen molar-refractivity contribution in [3.63, 3.8) is 0 Å². The number of anilines is 2. The minimum Gasteiger partial charge on any atom is -0.369 e. The van der Waals surface area contributed by atoms with Crippen molar-refractivity contribution in [3.8, 4) is 0 Å². The topological polar surface area (TPSA) is 169 Å². The Bertz CT molecular complexity index is 1220. The molecule has 4 unspecified atom stereocenters.